The second-order valence-corrected chi connectivity index (χ2v) is 7.89. The lowest BCUT2D eigenvalue weighted by molar-refractivity contribution is -0.138. The van der Waals surface area contributed by atoms with Crippen molar-refractivity contribution >= 4 is 5.97 Å². The molecular weight excluding hydrogens is 429 g/mol. The van der Waals surface area contributed by atoms with E-state index >= 15 is 0 Å². The van der Waals surface area contributed by atoms with Gasteiger partial charge in [-0.2, -0.15) is 13.2 Å². The van der Waals surface area contributed by atoms with Crippen molar-refractivity contribution in [3.63, 3.8) is 0 Å². The summed E-state index contributed by atoms with van der Waals surface area (Å²) in [5, 5.41) is 39.2. The monoisotopic (exact) mass is 458 g/mol. The number of alkyl halides is 3. The zero-order valence-corrected chi connectivity index (χ0v) is 17.5. The van der Waals surface area contributed by atoms with Crippen LogP contribution in [0.4, 0.5) is 13.2 Å². The summed E-state index contributed by atoms with van der Waals surface area (Å²) < 4.78 is 43.5. The Bertz CT molecular complexity index is 792. The topological polar surface area (TPSA) is 107 Å². The lowest BCUT2D eigenvalue weighted by atomic mass is 9.89. The van der Waals surface area contributed by atoms with E-state index in [9.17, 15) is 33.3 Å². The van der Waals surface area contributed by atoms with Gasteiger partial charge in [0.25, 0.3) is 0 Å². The largest absolute Gasteiger partial charge is 0.491 e. The van der Waals surface area contributed by atoms with Gasteiger partial charge in [-0.25, -0.2) is 0 Å². The smallest absolute Gasteiger partial charge is 0.416 e. The van der Waals surface area contributed by atoms with E-state index < -0.39 is 41.9 Å². The Morgan fingerprint density at radius 1 is 1.22 bits per heavy atom. The standard InChI is InChI=1S/C23H29F3O6/c24-23(25,26)15-6-5-7-17(12-15)32-14-16(27)10-11-19-18(20(28)13-21(19)29)8-3-1-2-4-9-22(30)31/h1,3,5-7,10-12,16,18-21,27-29H,2,4,8-9,13-14H2,(H,30,31)/b3-1+,11-10+/t16-,18-,19-,20+,21-/m1/s1. The number of unbranched alkanes of at least 4 members (excludes halogenated alkanes) is 1. The number of benzene rings is 1. The lowest BCUT2D eigenvalue weighted by Gasteiger charge is -2.19. The van der Waals surface area contributed by atoms with Gasteiger partial charge in [0.05, 0.1) is 17.8 Å². The molecule has 1 aromatic carbocycles. The predicted molar refractivity (Wildman–Crippen MR) is 111 cm³/mol. The molecule has 0 spiro atoms. The first kappa shape index (κ1) is 25.9. The summed E-state index contributed by atoms with van der Waals surface area (Å²) in [7, 11) is 0. The van der Waals surface area contributed by atoms with Crippen molar-refractivity contribution < 1.29 is 43.1 Å². The molecule has 0 saturated heterocycles. The number of hydrogen-bond donors (Lipinski definition) is 4. The number of hydrogen-bond acceptors (Lipinski definition) is 5. The zero-order chi connectivity index (χ0) is 23.7. The Labute approximate surface area is 184 Å². The summed E-state index contributed by atoms with van der Waals surface area (Å²) in [6.45, 7) is -0.267. The molecule has 0 bridgehead atoms. The van der Waals surface area contributed by atoms with E-state index in [2.05, 4.69) is 0 Å². The zero-order valence-electron chi connectivity index (χ0n) is 17.5. The summed E-state index contributed by atoms with van der Waals surface area (Å²) >= 11 is 0. The molecule has 0 unspecified atom stereocenters. The van der Waals surface area contributed by atoms with Gasteiger partial charge in [-0.1, -0.05) is 30.4 Å². The van der Waals surface area contributed by atoms with Crippen LogP contribution in [0.5, 0.6) is 5.75 Å². The number of aliphatic hydroxyl groups excluding tert-OH is 3. The Kier molecular flexibility index (Phi) is 9.74. The van der Waals surface area contributed by atoms with Crippen LogP contribution in [0.1, 0.15) is 37.7 Å². The number of carboxylic acids is 1. The maximum absolute atomic E-state index is 12.8. The molecule has 0 aliphatic heterocycles. The maximum Gasteiger partial charge on any atom is 0.416 e. The highest BCUT2D eigenvalue weighted by atomic mass is 19.4. The van der Waals surface area contributed by atoms with E-state index in [-0.39, 0.29) is 31.1 Å². The number of ether oxygens (including phenoxy) is 1. The van der Waals surface area contributed by atoms with Crippen LogP contribution in [0, 0.1) is 11.8 Å². The summed E-state index contributed by atoms with van der Waals surface area (Å²) in [5.74, 6) is -1.55. The van der Waals surface area contributed by atoms with Gasteiger partial charge in [0.1, 0.15) is 18.5 Å². The van der Waals surface area contributed by atoms with E-state index in [0.717, 1.165) is 12.1 Å². The van der Waals surface area contributed by atoms with Gasteiger partial charge in [0.2, 0.25) is 0 Å². The van der Waals surface area contributed by atoms with Crippen molar-refractivity contribution in [1.82, 2.24) is 0 Å². The van der Waals surface area contributed by atoms with Crippen LogP contribution in [-0.4, -0.2) is 51.3 Å². The molecule has 1 aliphatic carbocycles. The molecule has 5 atom stereocenters. The fourth-order valence-electron chi connectivity index (χ4n) is 3.70. The van der Waals surface area contributed by atoms with Crippen LogP contribution in [0.2, 0.25) is 0 Å². The van der Waals surface area contributed by atoms with Gasteiger partial charge in [-0.3, -0.25) is 4.79 Å². The SMILES string of the molecule is O=C(O)CCC/C=C/C[C@@H]1[C@@H](/C=C/[C@@H](O)COc2cccc(C(F)(F)F)c2)[C@H](O)C[C@@H]1O. The summed E-state index contributed by atoms with van der Waals surface area (Å²) in [6, 6.07) is 4.36. The summed E-state index contributed by atoms with van der Waals surface area (Å²) in [6.07, 6.45) is 1.48. The Morgan fingerprint density at radius 2 is 1.97 bits per heavy atom. The van der Waals surface area contributed by atoms with E-state index in [0.29, 0.717) is 19.3 Å². The third-order valence-corrected chi connectivity index (χ3v) is 5.39. The molecule has 1 aliphatic rings. The summed E-state index contributed by atoms with van der Waals surface area (Å²) in [4.78, 5) is 10.5. The number of allylic oxidation sites excluding steroid dienone is 2. The number of halogens is 3. The van der Waals surface area contributed by atoms with Crippen molar-refractivity contribution in [3.8, 4) is 5.75 Å². The molecule has 0 radical (unpaired) electrons. The molecule has 0 heterocycles. The van der Waals surface area contributed by atoms with Crippen LogP contribution in [0.3, 0.4) is 0 Å². The second-order valence-electron chi connectivity index (χ2n) is 7.89. The second kappa shape index (κ2) is 12.0. The number of rotatable bonds is 11. The lowest BCUT2D eigenvalue weighted by Crippen LogP contribution is -2.21. The number of aliphatic hydroxyl groups is 3. The first-order chi connectivity index (χ1) is 15.1. The van der Waals surface area contributed by atoms with Gasteiger partial charge < -0.3 is 25.2 Å². The third kappa shape index (κ3) is 8.29. The van der Waals surface area contributed by atoms with Crippen LogP contribution >= 0.6 is 0 Å². The van der Waals surface area contributed by atoms with Gasteiger partial charge in [0.15, 0.2) is 0 Å². The van der Waals surface area contributed by atoms with E-state index in [1.807, 2.05) is 12.2 Å². The normalized spacial score (nSPS) is 24.9. The Hall–Kier alpha value is -2.36. The first-order valence-corrected chi connectivity index (χ1v) is 10.5. The summed E-state index contributed by atoms with van der Waals surface area (Å²) in [5.41, 5.74) is -0.845. The van der Waals surface area contributed by atoms with Gasteiger partial charge in [0, 0.05) is 18.8 Å². The van der Waals surface area contributed by atoms with Crippen LogP contribution in [0.15, 0.2) is 48.6 Å². The fourth-order valence-corrected chi connectivity index (χ4v) is 3.70. The number of carbonyl (C=O) groups is 1. The van der Waals surface area contributed by atoms with Crippen molar-refractivity contribution in [3.05, 3.63) is 54.1 Å². The molecule has 4 N–H and O–H groups in total. The minimum Gasteiger partial charge on any atom is -0.491 e. The Morgan fingerprint density at radius 3 is 2.66 bits per heavy atom. The molecule has 178 valence electrons. The van der Waals surface area contributed by atoms with Crippen LogP contribution < -0.4 is 4.74 Å². The van der Waals surface area contributed by atoms with Crippen molar-refractivity contribution in [2.45, 2.75) is 56.6 Å². The molecule has 32 heavy (non-hydrogen) atoms. The van der Waals surface area contributed by atoms with E-state index in [4.69, 9.17) is 9.84 Å². The van der Waals surface area contributed by atoms with Gasteiger partial charge in [-0.15, -0.1) is 0 Å². The highest BCUT2D eigenvalue weighted by Gasteiger charge is 2.39. The molecule has 0 amide bonds. The van der Waals surface area contributed by atoms with E-state index in [1.165, 1.54) is 18.2 Å². The average Bonchev–Trinajstić information content (AvgIpc) is 2.99. The molecular formula is C23H29F3O6. The number of aliphatic carboxylic acids is 1. The molecule has 1 saturated carbocycles. The molecule has 6 nitrogen and oxygen atoms in total. The highest BCUT2D eigenvalue weighted by molar-refractivity contribution is 5.66. The average molecular weight is 458 g/mol. The first-order valence-electron chi connectivity index (χ1n) is 10.5. The maximum atomic E-state index is 12.8. The molecule has 0 aromatic heterocycles. The fraction of sp³-hybridized carbons (Fsp3) is 0.522. The molecule has 9 heteroatoms. The minimum absolute atomic E-state index is 0.0190. The third-order valence-electron chi connectivity index (χ3n) is 5.39. The van der Waals surface area contributed by atoms with Crippen molar-refractivity contribution in [1.29, 1.82) is 0 Å². The van der Waals surface area contributed by atoms with Crippen LogP contribution in [-0.2, 0) is 11.0 Å². The van der Waals surface area contributed by atoms with Gasteiger partial charge in [-0.05, 0) is 43.4 Å². The van der Waals surface area contributed by atoms with Gasteiger partial charge >= 0.3 is 12.1 Å². The van der Waals surface area contributed by atoms with E-state index in [1.54, 1.807) is 6.08 Å². The molecule has 2 rings (SSSR count). The van der Waals surface area contributed by atoms with Crippen molar-refractivity contribution in [2.24, 2.45) is 11.8 Å². The molecule has 1 aromatic rings. The van der Waals surface area contributed by atoms with Crippen LogP contribution in [0.25, 0.3) is 0 Å². The highest BCUT2D eigenvalue weighted by Crippen LogP contribution is 2.36. The minimum atomic E-state index is -4.49. The molecule has 1 fully saturated rings. The predicted octanol–water partition coefficient (Wildman–Crippen LogP) is 3.56. The Balaban J connectivity index is 1.87. The number of carboxylic acid groups (broad SMARTS) is 1. The van der Waals surface area contributed by atoms with Crippen molar-refractivity contribution in [2.75, 3.05) is 6.61 Å². The quantitative estimate of drug-likeness (QED) is 0.298.